The average Bonchev–Trinajstić information content (AvgIpc) is 1.61. The molecule has 732 valence electrons. The fraction of sp³-hybridized carbons (Fsp3) is 0.559. The standard InChI is InChI=1S/C23H29N10O10PS2.C23H29N10O9PS2.C22H27N10O11PS/c1-9-30-21-15(22(36)31-9)28-8-33(21)23-18-11(4-34)13(41-23)5-40-44(37,45)42-17-10(3-29-46(38,39)43-18)2-12(16(17)35)32-7-27-14-19(24)25-6-26-20(14)32;1-10-30-21-17(22(35)31-10)28-9-33(21)23-18-11(6-34)12(40-23)2-3-45(37,38)42-13-4-15(39-14(13)5-29-43(36,44)41-18)32-8-27-16-19(24)25-7-26-20(16)32;1-9-28-20-16(21(34)29-9)27-8-32(20)22-17-10(3-33)12(42-22)5-40-45(37,38)30-11-2-14(41-13(11)4-39-44(35,36)43-17)31-7-26-15-18(23)24-6-25-19(15)31/h6-8,10-13,16-18,23,29,34-35H,2-5H2,1H3,(H,37,45)(H2,24,25,26)(H,30,31,36);7-9,11-15,18,23,34H,2-6H2,1H3,(H2,24,25,26)(H2,29,36,44)(H,30,31,35);6-8,10-14,17,22,30,33H,2-5H2,1H3,(H,35,36)(H2,23,24,25)(H,28,29,34). The number of phosphoric acid groups is 1. The Kier molecular flexibility index (Phi) is 25.9. The number of aromatic nitrogens is 24. The van der Waals surface area contributed by atoms with E-state index in [1.54, 1.807) is 29.9 Å². The number of imidazole rings is 6. The van der Waals surface area contributed by atoms with Gasteiger partial charge in [-0.1, -0.05) is 12.2 Å². The van der Waals surface area contributed by atoms with Gasteiger partial charge >= 0.3 is 35.2 Å². The number of ether oxygens (including phenoxy) is 5. The van der Waals surface area contributed by atoms with E-state index < -0.39 is 248 Å². The van der Waals surface area contributed by atoms with Gasteiger partial charge in [0.05, 0.1) is 120 Å². The van der Waals surface area contributed by atoms with Gasteiger partial charge in [0.15, 0.2) is 86.6 Å². The molecule has 12 aromatic rings. The molecule has 6 bridgehead atoms. The van der Waals surface area contributed by atoms with Crippen LogP contribution in [0.15, 0.2) is 71.3 Å². The molecule has 12 aromatic heterocycles. The number of thiol groups is 1. The number of aromatic amines is 3. The van der Waals surface area contributed by atoms with Crippen LogP contribution in [0.1, 0.15) is 80.3 Å². The van der Waals surface area contributed by atoms with Crippen molar-refractivity contribution in [2.75, 3.05) is 75.7 Å². The van der Waals surface area contributed by atoms with Gasteiger partial charge in [-0.3, -0.25) is 63.7 Å². The van der Waals surface area contributed by atoms with Crippen LogP contribution in [0.5, 0.6) is 0 Å². The maximum absolute atomic E-state index is 13.6. The summed E-state index contributed by atoms with van der Waals surface area (Å²) in [5.41, 5.74) is 18.5. The quantitative estimate of drug-likeness (QED) is 0.0375. The number of anilines is 3. The number of aryl methyl sites for hydroxylation is 3. The van der Waals surface area contributed by atoms with Gasteiger partial charge in [0.25, 0.3) is 33.4 Å². The molecule has 0 amide bonds. The van der Waals surface area contributed by atoms with Gasteiger partial charge in [-0.15, -0.1) is 0 Å². The van der Waals surface area contributed by atoms with Crippen LogP contribution in [0, 0.1) is 44.4 Å². The van der Waals surface area contributed by atoms with Crippen LogP contribution in [-0.4, -0.2) is 304 Å². The van der Waals surface area contributed by atoms with Crippen molar-refractivity contribution in [2.45, 2.75) is 157 Å². The molecule has 9 aliphatic rings. The number of H-pyrrole nitrogens is 3. The summed E-state index contributed by atoms with van der Waals surface area (Å²) >= 11 is 9.61. The summed E-state index contributed by atoms with van der Waals surface area (Å²) in [6, 6.07) is -1.75. The number of phosphoric ester groups is 1. The predicted molar refractivity (Wildman–Crippen MR) is 466 cm³/mol. The SMILES string of the molecule is Cc1nc2c(ncn2C2OC3CCS(=O)(=O)OC4CC(n5cnc6c(N)ncnc65)OC4CNP(O)(=S)OC2C3CO)c(=O)[nH]1.Cc1nc2c(ncn2C2OC3COP(=O)(S)OC4C(CNS(=O)(=O)OC2C3CO)CC(n2cnc3c(N)ncnc32)C4O)c(=O)[nH]1.Cc1nc2c(ncn2C2OC3COS(=O)(=O)NC4CC(n5cnc6c(N)ncnc65)OC4COP(=O)(O)OC2C3CO)c(=O)[nH]1. The molecule has 0 radical (unpaired) electrons. The summed E-state index contributed by atoms with van der Waals surface area (Å²) in [6.07, 6.45) is -5.78. The second-order valence-electron chi connectivity index (χ2n) is 32.8. The highest BCUT2D eigenvalue weighted by Crippen LogP contribution is 2.59. The largest absolute Gasteiger partial charge is 0.472 e. The molecule has 18 N–H and O–H groups in total. The number of hydrogen-bond acceptors (Lipinski definition) is 47. The normalized spacial score (nSPS) is 34.3. The molecule has 8 aliphatic heterocycles. The van der Waals surface area contributed by atoms with Crippen LogP contribution in [0.3, 0.4) is 0 Å². The lowest BCUT2D eigenvalue weighted by atomic mass is 9.97. The molecular weight excluding hydrogens is 1970 g/mol. The van der Waals surface area contributed by atoms with E-state index in [0.29, 0.717) is 39.3 Å². The van der Waals surface area contributed by atoms with Crippen LogP contribution < -0.4 is 48.4 Å². The summed E-state index contributed by atoms with van der Waals surface area (Å²) in [5, 5.41) is 45.2. The Morgan fingerprint density at radius 2 is 0.934 bits per heavy atom. The summed E-state index contributed by atoms with van der Waals surface area (Å²) in [4.78, 5) is 129. The van der Waals surface area contributed by atoms with Crippen LogP contribution in [0.25, 0.3) is 67.0 Å². The molecule has 25 atom stereocenters. The maximum atomic E-state index is 13.6. The Morgan fingerprint density at radius 3 is 1.47 bits per heavy atom. The average molecular weight is 2060 g/mol. The number of aliphatic hydroxyl groups excluding tert-OH is 4. The minimum Gasteiger partial charge on any atom is -0.396 e. The second kappa shape index (κ2) is 37.0. The van der Waals surface area contributed by atoms with E-state index in [2.05, 4.69) is 116 Å². The fourth-order valence-electron chi connectivity index (χ4n) is 18.0. The van der Waals surface area contributed by atoms with Crippen molar-refractivity contribution in [1.29, 1.82) is 0 Å². The first kappa shape index (κ1) is 95.4. The zero-order valence-electron chi connectivity index (χ0n) is 70.6. The topological polar surface area (TPSA) is 814 Å². The van der Waals surface area contributed by atoms with Gasteiger partial charge in [-0.2, -0.15) is 34.7 Å². The molecular formula is C68H85N30O30P3S5. The number of nitrogens with two attached hydrogens (primary N) is 3. The van der Waals surface area contributed by atoms with Gasteiger partial charge in [0, 0.05) is 49.6 Å². The van der Waals surface area contributed by atoms with E-state index in [-0.39, 0.29) is 101 Å². The molecule has 0 spiro atoms. The number of nitrogen functional groups attached to an aromatic ring is 3. The van der Waals surface area contributed by atoms with Crippen molar-refractivity contribution in [3.8, 4) is 0 Å². The van der Waals surface area contributed by atoms with Gasteiger partial charge in [0.2, 0.25) is 0 Å². The highest BCUT2D eigenvalue weighted by Gasteiger charge is 2.57. The molecule has 8 saturated heterocycles. The van der Waals surface area contributed by atoms with Gasteiger partial charge in [-0.25, -0.2) is 93.2 Å². The van der Waals surface area contributed by atoms with Gasteiger partial charge in [-0.05, 0) is 45.4 Å². The molecule has 9 fully saturated rings. The van der Waals surface area contributed by atoms with Crippen molar-refractivity contribution < 1.29 is 123 Å². The highest BCUT2D eigenvalue weighted by molar-refractivity contribution is 8.44. The van der Waals surface area contributed by atoms with E-state index >= 15 is 0 Å². The van der Waals surface area contributed by atoms with Crippen molar-refractivity contribution in [3.05, 3.63) is 105 Å². The minimum atomic E-state index is -4.94. The Bertz CT molecular complexity index is 7060. The third-order valence-electron chi connectivity index (χ3n) is 24.3. The van der Waals surface area contributed by atoms with Crippen LogP contribution >= 0.6 is 33.5 Å². The fourth-order valence-corrected chi connectivity index (χ4v) is 25.3. The Hall–Kier alpha value is -9.47. The third-order valence-corrected chi connectivity index (χ3v) is 32.0. The van der Waals surface area contributed by atoms with E-state index in [9.17, 15) is 79.0 Å². The Balaban J connectivity index is 0.000000131. The van der Waals surface area contributed by atoms with Gasteiger partial charge in [0.1, 0.15) is 108 Å². The molecule has 136 heavy (non-hydrogen) atoms. The first-order chi connectivity index (χ1) is 64.7. The zero-order valence-corrected chi connectivity index (χ0v) is 77.5. The third kappa shape index (κ3) is 18.7. The molecule has 68 heteroatoms. The summed E-state index contributed by atoms with van der Waals surface area (Å²) in [7, 11) is -18.2. The van der Waals surface area contributed by atoms with E-state index in [1.807, 2.05) is 0 Å². The van der Waals surface area contributed by atoms with Crippen molar-refractivity contribution in [2.24, 2.45) is 23.7 Å². The second-order valence-corrected chi connectivity index (χ2v) is 44.6. The number of aliphatic hydroxyl groups is 4. The van der Waals surface area contributed by atoms with Gasteiger partial charge < -0.3 is 95.1 Å². The first-order valence-electron chi connectivity index (χ1n) is 41.4. The molecule has 20 heterocycles. The van der Waals surface area contributed by atoms with Crippen molar-refractivity contribution in [3.63, 3.8) is 0 Å². The highest BCUT2D eigenvalue weighted by atomic mass is 32.7. The van der Waals surface area contributed by atoms with E-state index in [1.165, 1.54) is 75.2 Å². The monoisotopic (exact) mass is 2050 g/mol. The van der Waals surface area contributed by atoms with E-state index in [4.69, 9.17) is 87.9 Å². The number of hydrogen-bond donors (Lipinski definition) is 16. The number of nitrogens with one attached hydrogen (secondary N) is 6. The molecule has 60 nitrogen and oxygen atoms in total. The van der Waals surface area contributed by atoms with Crippen molar-refractivity contribution >= 4 is 160 Å². The maximum Gasteiger partial charge on any atom is 0.472 e. The van der Waals surface area contributed by atoms with E-state index in [0.717, 1.165) is 0 Å². The Morgan fingerprint density at radius 1 is 0.485 bits per heavy atom. The molecule has 25 unspecified atom stereocenters. The van der Waals surface area contributed by atoms with Crippen LogP contribution in [-0.2, 0) is 111 Å². The first-order valence-corrected chi connectivity index (χ1v) is 52.7. The summed E-state index contributed by atoms with van der Waals surface area (Å²) in [6.45, 7) is -7.32. The number of fused-ring (bicyclic) bond motifs is 15. The lowest BCUT2D eigenvalue weighted by molar-refractivity contribution is -0.0533. The number of rotatable bonds is 9. The molecule has 1 aliphatic carbocycles. The summed E-state index contributed by atoms with van der Waals surface area (Å²) < 4.78 is 196. The lowest BCUT2D eigenvalue weighted by Gasteiger charge is -2.29. The summed E-state index contributed by atoms with van der Waals surface area (Å²) in [5.74, 6) is -2.87. The van der Waals surface area contributed by atoms with Crippen molar-refractivity contribution in [1.82, 2.24) is 132 Å². The Labute approximate surface area is 773 Å². The molecule has 0 aromatic carbocycles. The zero-order chi connectivity index (χ0) is 95.9. The minimum absolute atomic E-state index is 0.0196. The van der Waals surface area contributed by atoms with Crippen LogP contribution in [0.2, 0.25) is 0 Å². The molecule has 21 rings (SSSR count). The number of nitrogens with zero attached hydrogens (tertiary/aromatic N) is 21. The lowest BCUT2D eigenvalue weighted by Crippen LogP contribution is -2.43. The smallest absolute Gasteiger partial charge is 0.396 e. The molecule has 1 saturated carbocycles. The predicted octanol–water partition coefficient (Wildman–Crippen LogP) is -3.72. The van der Waals surface area contributed by atoms with Crippen LogP contribution in [0.4, 0.5) is 17.5 Å².